The molecule has 66 valence electrons. The number of benzene rings is 1. The number of anilines is 1. The molecule has 0 aliphatic rings. The van der Waals surface area contributed by atoms with E-state index in [-0.39, 0.29) is 6.61 Å². The van der Waals surface area contributed by atoms with Gasteiger partial charge in [-0.1, -0.05) is 18.2 Å². The van der Waals surface area contributed by atoms with Crippen molar-refractivity contribution in [3.63, 3.8) is 0 Å². The minimum absolute atomic E-state index is 0.213. The van der Waals surface area contributed by atoms with Crippen molar-refractivity contribution in [1.29, 1.82) is 0 Å². The Morgan fingerprint density at radius 2 is 1.92 bits per heavy atom. The summed E-state index contributed by atoms with van der Waals surface area (Å²) in [7, 11) is 4.02. The Morgan fingerprint density at radius 1 is 1.25 bits per heavy atom. The Bertz CT molecular complexity index is 245. The van der Waals surface area contributed by atoms with Crippen molar-refractivity contribution in [3.05, 3.63) is 29.8 Å². The van der Waals surface area contributed by atoms with E-state index in [1.807, 2.05) is 32.3 Å². The van der Waals surface area contributed by atoms with Crippen LogP contribution in [-0.4, -0.2) is 25.8 Å². The van der Waals surface area contributed by atoms with Gasteiger partial charge in [0.2, 0.25) is 0 Å². The van der Waals surface area contributed by atoms with Crippen LogP contribution in [0.4, 0.5) is 5.69 Å². The second-order valence-electron chi connectivity index (χ2n) is 3.00. The van der Waals surface area contributed by atoms with Gasteiger partial charge in [0, 0.05) is 26.4 Å². The number of hydrogen-bond acceptors (Lipinski definition) is 2. The van der Waals surface area contributed by atoms with Crippen molar-refractivity contribution in [2.45, 2.75) is 6.42 Å². The largest absolute Gasteiger partial charge is 0.396 e. The van der Waals surface area contributed by atoms with Crippen LogP contribution in [0.15, 0.2) is 24.3 Å². The lowest BCUT2D eigenvalue weighted by atomic mass is 10.1. The molecular formula is C10H15NO. The van der Waals surface area contributed by atoms with E-state index in [0.29, 0.717) is 0 Å². The van der Waals surface area contributed by atoms with Crippen LogP contribution >= 0.6 is 0 Å². The molecule has 1 aromatic rings. The van der Waals surface area contributed by atoms with Gasteiger partial charge in [0.1, 0.15) is 0 Å². The summed E-state index contributed by atoms with van der Waals surface area (Å²) in [5.41, 5.74) is 2.39. The fourth-order valence-corrected chi connectivity index (χ4v) is 1.28. The van der Waals surface area contributed by atoms with E-state index in [1.54, 1.807) is 0 Å². The summed E-state index contributed by atoms with van der Waals surface area (Å²) in [6.07, 6.45) is 0.731. The first-order valence-electron chi connectivity index (χ1n) is 4.12. The molecule has 0 aliphatic heterocycles. The summed E-state index contributed by atoms with van der Waals surface area (Å²) in [4.78, 5) is 2.06. The van der Waals surface area contributed by atoms with Crippen molar-refractivity contribution in [3.8, 4) is 0 Å². The fraction of sp³-hybridized carbons (Fsp3) is 0.400. The summed E-state index contributed by atoms with van der Waals surface area (Å²) in [5, 5.41) is 8.81. The van der Waals surface area contributed by atoms with Gasteiger partial charge < -0.3 is 10.0 Å². The molecular weight excluding hydrogens is 150 g/mol. The first-order valence-corrected chi connectivity index (χ1v) is 4.12. The number of para-hydroxylation sites is 1. The van der Waals surface area contributed by atoms with Crippen molar-refractivity contribution in [1.82, 2.24) is 0 Å². The Labute approximate surface area is 73.4 Å². The summed E-state index contributed by atoms with van der Waals surface area (Å²) >= 11 is 0. The molecule has 0 atom stereocenters. The number of hydrogen-bond donors (Lipinski definition) is 1. The normalized spacial score (nSPS) is 9.92. The van der Waals surface area contributed by atoms with Crippen LogP contribution in [0, 0.1) is 0 Å². The topological polar surface area (TPSA) is 23.5 Å². The van der Waals surface area contributed by atoms with Crippen LogP contribution in [0.25, 0.3) is 0 Å². The van der Waals surface area contributed by atoms with Crippen molar-refractivity contribution in [2.24, 2.45) is 0 Å². The Morgan fingerprint density at radius 3 is 2.50 bits per heavy atom. The summed E-state index contributed by atoms with van der Waals surface area (Å²) in [5.74, 6) is 0. The van der Waals surface area contributed by atoms with Crippen LogP contribution in [0.3, 0.4) is 0 Å². The lowest BCUT2D eigenvalue weighted by Gasteiger charge is -2.16. The molecule has 0 unspecified atom stereocenters. The van der Waals surface area contributed by atoms with Crippen molar-refractivity contribution in [2.75, 3.05) is 25.6 Å². The molecule has 2 heteroatoms. The fourth-order valence-electron chi connectivity index (χ4n) is 1.28. The first-order chi connectivity index (χ1) is 5.75. The van der Waals surface area contributed by atoms with Crippen LogP contribution in [0.5, 0.6) is 0 Å². The van der Waals surface area contributed by atoms with E-state index in [1.165, 1.54) is 11.3 Å². The van der Waals surface area contributed by atoms with Gasteiger partial charge in [-0.25, -0.2) is 0 Å². The highest BCUT2D eigenvalue weighted by Gasteiger charge is 2.01. The molecule has 0 heterocycles. The van der Waals surface area contributed by atoms with Gasteiger partial charge in [-0.2, -0.15) is 0 Å². The highest BCUT2D eigenvalue weighted by atomic mass is 16.2. The second-order valence-corrected chi connectivity index (χ2v) is 3.00. The van der Waals surface area contributed by atoms with Gasteiger partial charge >= 0.3 is 0 Å². The standard InChI is InChI=1S/C10H15NO/c1-11(2)10-6-4-3-5-9(10)7-8-12/h3-6,12H,7-8H2,1-2H3. The summed E-state index contributed by atoms with van der Waals surface area (Å²) < 4.78 is 0. The maximum atomic E-state index is 8.81. The highest BCUT2D eigenvalue weighted by molar-refractivity contribution is 5.52. The zero-order valence-electron chi connectivity index (χ0n) is 7.62. The molecule has 0 saturated carbocycles. The van der Waals surface area contributed by atoms with E-state index >= 15 is 0 Å². The smallest absolute Gasteiger partial charge is 0.0472 e. The Hall–Kier alpha value is -1.02. The molecule has 0 spiro atoms. The SMILES string of the molecule is CN(C)c1ccccc1CCO. The number of aliphatic hydroxyl groups is 1. The van der Waals surface area contributed by atoms with Gasteiger partial charge in [-0.15, -0.1) is 0 Å². The molecule has 2 nitrogen and oxygen atoms in total. The van der Waals surface area contributed by atoms with Gasteiger partial charge in [0.05, 0.1) is 0 Å². The predicted molar refractivity (Wildman–Crippen MR) is 51.6 cm³/mol. The van der Waals surface area contributed by atoms with E-state index in [9.17, 15) is 0 Å². The van der Waals surface area contributed by atoms with Gasteiger partial charge in [-0.05, 0) is 18.1 Å². The number of rotatable bonds is 3. The highest BCUT2D eigenvalue weighted by Crippen LogP contribution is 2.17. The maximum absolute atomic E-state index is 8.81. The molecule has 0 amide bonds. The molecule has 0 saturated heterocycles. The van der Waals surface area contributed by atoms with Crippen LogP contribution < -0.4 is 4.90 Å². The predicted octanol–water partition coefficient (Wildman–Crippen LogP) is 1.29. The third-order valence-electron chi connectivity index (χ3n) is 1.85. The summed E-state index contributed by atoms with van der Waals surface area (Å²) in [6.45, 7) is 0.213. The third-order valence-corrected chi connectivity index (χ3v) is 1.85. The maximum Gasteiger partial charge on any atom is 0.0472 e. The zero-order chi connectivity index (χ0) is 8.97. The zero-order valence-corrected chi connectivity index (χ0v) is 7.62. The van der Waals surface area contributed by atoms with E-state index in [0.717, 1.165) is 6.42 Å². The van der Waals surface area contributed by atoms with Gasteiger partial charge in [0.15, 0.2) is 0 Å². The number of nitrogens with zero attached hydrogens (tertiary/aromatic N) is 1. The summed E-state index contributed by atoms with van der Waals surface area (Å²) in [6, 6.07) is 8.12. The van der Waals surface area contributed by atoms with E-state index in [4.69, 9.17) is 5.11 Å². The van der Waals surface area contributed by atoms with E-state index < -0.39 is 0 Å². The molecule has 0 aliphatic carbocycles. The van der Waals surface area contributed by atoms with Crippen LogP contribution in [-0.2, 0) is 6.42 Å². The van der Waals surface area contributed by atoms with Crippen molar-refractivity contribution < 1.29 is 5.11 Å². The molecule has 0 aromatic heterocycles. The lowest BCUT2D eigenvalue weighted by molar-refractivity contribution is 0.299. The minimum atomic E-state index is 0.213. The molecule has 12 heavy (non-hydrogen) atoms. The third kappa shape index (κ3) is 1.98. The quantitative estimate of drug-likeness (QED) is 0.729. The minimum Gasteiger partial charge on any atom is -0.396 e. The van der Waals surface area contributed by atoms with Crippen LogP contribution in [0.2, 0.25) is 0 Å². The second kappa shape index (κ2) is 4.12. The average molecular weight is 165 g/mol. The molecule has 1 aromatic carbocycles. The van der Waals surface area contributed by atoms with E-state index in [2.05, 4.69) is 11.0 Å². The van der Waals surface area contributed by atoms with Crippen LogP contribution in [0.1, 0.15) is 5.56 Å². The van der Waals surface area contributed by atoms with Crippen molar-refractivity contribution >= 4 is 5.69 Å². The molecule has 1 N–H and O–H groups in total. The number of aliphatic hydroxyl groups excluding tert-OH is 1. The monoisotopic (exact) mass is 165 g/mol. The Kier molecular flexibility index (Phi) is 3.11. The molecule has 0 radical (unpaired) electrons. The lowest BCUT2D eigenvalue weighted by Crippen LogP contribution is -2.11. The van der Waals surface area contributed by atoms with Gasteiger partial charge in [-0.3, -0.25) is 0 Å². The molecule has 0 fully saturated rings. The Balaban J connectivity index is 2.92. The first kappa shape index (κ1) is 9.07. The van der Waals surface area contributed by atoms with Gasteiger partial charge in [0.25, 0.3) is 0 Å². The molecule has 0 bridgehead atoms. The molecule has 1 rings (SSSR count). The average Bonchev–Trinajstić information content (AvgIpc) is 2.05.